The van der Waals surface area contributed by atoms with E-state index >= 15 is 0 Å². The molecule has 1 N–H and O–H groups in total. The van der Waals surface area contributed by atoms with E-state index < -0.39 is 22.8 Å². The van der Waals surface area contributed by atoms with E-state index in [-0.39, 0.29) is 11.5 Å². The summed E-state index contributed by atoms with van der Waals surface area (Å²) in [6.45, 7) is 3.41. The Morgan fingerprint density at radius 2 is 2.10 bits per heavy atom. The highest BCUT2D eigenvalue weighted by Crippen LogP contribution is 2.47. The fourth-order valence-electron chi connectivity index (χ4n) is 2.65. The predicted octanol–water partition coefficient (Wildman–Crippen LogP) is 2.63. The van der Waals surface area contributed by atoms with Crippen LogP contribution in [0.5, 0.6) is 0 Å². The number of benzene rings is 1. The number of nitrogens with zero attached hydrogens (tertiary/aromatic N) is 1. The smallest absolute Gasteiger partial charge is 0.267 e. The van der Waals surface area contributed by atoms with E-state index in [0.29, 0.717) is 19.3 Å². The summed E-state index contributed by atoms with van der Waals surface area (Å²) >= 11 is 0. The average Bonchev–Trinajstić information content (AvgIpc) is 3.11. The summed E-state index contributed by atoms with van der Waals surface area (Å²) in [5, 5.41) is 6.60. The van der Waals surface area contributed by atoms with Gasteiger partial charge in [0.2, 0.25) is 5.60 Å². The van der Waals surface area contributed by atoms with Crippen LogP contribution in [-0.4, -0.2) is 17.2 Å². The number of carbonyl (C=O) groups excluding carboxylic acids is 1. The van der Waals surface area contributed by atoms with Crippen LogP contribution in [0.15, 0.2) is 23.4 Å². The van der Waals surface area contributed by atoms with Crippen molar-refractivity contribution in [1.29, 1.82) is 0 Å². The van der Waals surface area contributed by atoms with Crippen LogP contribution in [-0.2, 0) is 15.2 Å². The number of amides is 1. The van der Waals surface area contributed by atoms with Gasteiger partial charge in [0.05, 0.1) is 11.3 Å². The minimum atomic E-state index is -1.08. The van der Waals surface area contributed by atoms with Crippen molar-refractivity contribution < 1.29 is 18.4 Å². The van der Waals surface area contributed by atoms with Crippen LogP contribution in [0, 0.1) is 11.6 Å². The van der Waals surface area contributed by atoms with Gasteiger partial charge in [-0.1, -0.05) is 5.16 Å². The van der Waals surface area contributed by atoms with Gasteiger partial charge >= 0.3 is 0 Å². The van der Waals surface area contributed by atoms with Gasteiger partial charge in [0.25, 0.3) is 5.91 Å². The van der Waals surface area contributed by atoms with Gasteiger partial charge in [-0.05, 0) is 44.9 Å². The lowest BCUT2D eigenvalue weighted by Gasteiger charge is -2.25. The Bertz CT molecular complexity index is 641. The first kappa shape index (κ1) is 14.0. The van der Waals surface area contributed by atoms with Crippen LogP contribution in [0.25, 0.3) is 0 Å². The Balaban J connectivity index is 1.81. The summed E-state index contributed by atoms with van der Waals surface area (Å²) in [5.74, 6) is -1.39. The maximum atomic E-state index is 13.9. The molecule has 4 nitrogen and oxygen atoms in total. The number of rotatable bonds is 3. The van der Waals surface area contributed by atoms with Crippen LogP contribution in [0.3, 0.4) is 0 Å². The molecule has 1 atom stereocenters. The topological polar surface area (TPSA) is 50.7 Å². The molecule has 3 rings (SSSR count). The van der Waals surface area contributed by atoms with Crippen molar-refractivity contribution in [3.05, 3.63) is 35.4 Å². The van der Waals surface area contributed by atoms with Gasteiger partial charge in [0, 0.05) is 12.0 Å². The van der Waals surface area contributed by atoms with Gasteiger partial charge in [-0.25, -0.2) is 8.78 Å². The Hall–Kier alpha value is -1.98. The van der Waals surface area contributed by atoms with Crippen molar-refractivity contribution in [2.45, 2.75) is 44.2 Å². The molecule has 2 aliphatic rings. The van der Waals surface area contributed by atoms with Crippen molar-refractivity contribution in [3.63, 3.8) is 0 Å². The molecule has 0 aromatic heterocycles. The molecule has 1 saturated carbocycles. The highest BCUT2D eigenvalue weighted by atomic mass is 19.1. The maximum absolute atomic E-state index is 13.9. The molecule has 1 amide bonds. The molecule has 0 unspecified atom stereocenters. The van der Waals surface area contributed by atoms with Gasteiger partial charge in [-0.2, -0.15) is 0 Å². The third-order valence-corrected chi connectivity index (χ3v) is 4.02. The number of hydrogen-bond donors (Lipinski definition) is 1. The summed E-state index contributed by atoms with van der Waals surface area (Å²) in [4.78, 5) is 17.6. The van der Waals surface area contributed by atoms with Crippen molar-refractivity contribution in [1.82, 2.24) is 5.32 Å². The molecule has 0 bridgehead atoms. The lowest BCUT2D eigenvalue weighted by Crippen LogP contribution is -2.49. The predicted molar refractivity (Wildman–Crippen MR) is 72.6 cm³/mol. The van der Waals surface area contributed by atoms with E-state index in [9.17, 15) is 13.6 Å². The Morgan fingerprint density at radius 1 is 1.38 bits per heavy atom. The first-order valence-corrected chi connectivity index (χ1v) is 6.84. The summed E-state index contributed by atoms with van der Waals surface area (Å²) in [6.07, 6.45) is 1.55. The third kappa shape index (κ3) is 2.39. The molecular formula is C15H16F2N2O2. The molecule has 0 saturated heterocycles. The highest BCUT2D eigenvalue weighted by molar-refractivity contribution is 5.94. The molecule has 21 heavy (non-hydrogen) atoms. The standard InChI is InChI=1S/C15H16F2N2O2/c1-9-8-14(2,21-19-9)13(20)18-15(5-6-15)11-7-10(16)3-4-12(11)17/h3-4,7H,5-6,8H2,1-2H3,(H,18,20)/t14-/m1/s1. The van der Waals surface area contributed by atoms with E-state index in [4.69, 9.17) is 4.84 Å². The average molecular weight is 294 g/mol. The molecule has 1 aromatic carbocycles. The van der Waals surface area contributed by atoms with Crippen molar-refractivity contribution in [2.75, 3.05) is 0 Å². The van der Waals surface area contributed by atoms with E-state index in [2.05, 4.69) is 10.5 Å². The SMILES string of the molecule is CC1=NO[C@@](C)(C(=O)NC2(c3cc(F)ccc3F)CC2)C1. The van der Waals surface area contributed by atoms with Crippen LogP contribution < -0.4 is 5.32 Å². The number of hydrogen-bond acceptors (Lipinski definition) is 3. The molecule has 1 aliphatic heterocycles. The Kier molecular flexibility index (Phi) is 3.00. The first-order chi connectivity index (χ1) is 9.85. The van der Waals surface area contributed by atoms with Crippen molar-refractivity contribution in [2.24, 2.45) is 5.16 Å². The monoisotopic (exact) mass is 294 g/mol. The molecule has 1 aliphatic carbocycles. The minimum absolute atomic E-state index is 0.190. The van der Waals surface area contributed by atoms with E-state index in [1.807, 2.05) is 0 Å². The van der Waals surface area contributed by atoms with Gasteiger partial charge < -0.3 is 10.2 Å². The summed E-state index contributed by atoms with van der Waals surface area (Å²) in [5.41, 5.74) is -0.986. The van der Waals surface area contributed by atoms with Crippen molar-refractivity contribution >= 4 is 11.6 Å². The molecule has 1 fully saturated rings. The molecule has 6 heteroatoms. The molecule has 0 radical (unpaired) electrons. The maximum Gasteiger partial charge on any atom is 0.267 e. The second-order valence-corrected chi connectivity index (χ2v) is 5.99. The van der Waals surface area contributed by atoms with Gasteiger partial charge in [0.1, 0.15) is 11.6 Å². The van der Waals surface area contributed by atoms with E-state index in [1.165, 1.54) is 0 Å². The minimum Gasteiger partial charge on any atom is -0.379 e. The Labute approximate surface area is 121 Å². The summed E-state index contributed by atoms with van der Waals surface area (Å²) in [7, 11) is 0. The van der Waals surface area contributed by atoms with Crippen LogP contribution >= 0.6 is 0 Å². The number of oxime groups is 1. The highest BCUT2D eigenvalue weighted by Gasteiger charge is 2.51. The largest absolute Gasteiger partial charge is 0.379 e. The molecule has 112 valence electrons. The second-order valence-electron chi connectivity index (χ2n) is 5.99. The van der Waals surface area contributed by atoms with Crippen LogP contribution in [0.1, 0.15) is 38.7 Å². The number of halogens is 2. The molecule has 0 spiro atoms. The van der Waals surface area contributed by atoms with Crippen LogP contribution in [0.4, 0.5) is 8.78 Å². The van der Waals surface area contributed by atoms with Gasteiger partial charge in [-0.3, -0.25) is 4.79 Å². The molecule has 1 aromatic rings. The quantitative estimate of drug-likeness (QED) is 0.931. The zero-order valence-electron chi connectivity index (χ0n) is 11.9. The zero-order valence-corrected chi connectivity index (χ0v) is 11.9. The summed E-state index contributed by atoms with van der Waals surface area (Å²) in [6, 6.07) is 3.29. The zero-order chi connectivity index (χ0) is 15.3. The second kappa shape index (κ2) is 4.51. The van der Waals surface area contributed by atoms with Gasteiger partial charge in [0.15, 0.2) is 0 Å². The summed E-state index contributed by atoms with van der Waals surface area (Å²) < 4.78 is 27.3. The van der Waals surface area contributed by atoms with Crippen LogP contribution in [0.2, 0.25) is 0 Å². The van der Waals surface area contributed by atoms with Gasteiger partial charge in [-0.15, -0.1) is 0 Å². The lowest BCUT2D eigenvalue weighted by molar-refractivity contribution is -0.142. The lowest BCUT2D eigenvalue weighted by atomic mass is 9.97. The fourth-order valence-corrected chi connectivity index (χ4v) is 2.65. The Morgan fingerprint density at radius 3 is 2.67 bits per heavy atom. The van der Waals surface area contributed by atoms with E-state index in [0.717, 1.165) is 23.9 Å². The molecular weight excluding hydrogens is 278 g/mol. The number of carbonyl (C=O) groups is 1. The number of nitrogens with one attached hydrogen (secondary N) is 1. The molecule has 1 heterocycles. The fraction of sp³-hybridized carbons (Fsp3) is 0.467. The normalized spacial score (nSPS) is 26.0. The van der Waals surface area contributed by atoms with E-state index in [1.54, 1.807) is 13.8 Å². The van der Waals surface area contributed by atoms with Crippen molar-refractivity contribution in [3.8, 4) is 0 Å². The first-order valence-electron chi connectivity index (χ1n) is 6.84. The third-order valence-electron chi connectivity index (χ3n) is 4.02.